The Morgan fingerprint density at radius 1 is 1.24 bits per heavy atom. The average Bonchev–Trinajstić information content (AvgIpc) is 2.91. The molecule has 0 aliphatic heterocycles. The normalized spacial score (nSPS) is 12.7. The molecule has 0 aliphatic rings. The smallest absolute Gasteiger partial charge is 0.149 e. The van der Waals surface area contributed by atoms with Gasteiger partial charge in [-0.3, -0.25) is 0 Å². The molecular formula is C17H18FN3. The standard InChI is InChI=1S/C17H18FN3/c1-3-19-12(2)13-8-9-17(15(18)10-13)21-16-7-5-4-6-14(16)11-20-21/h4-12,19H,3H2,1-2H3. The summed E-state index contributed by atoms with van der Waals surface area (Å²) < 4.78 is 16.1. The SMILES string of the molecule is CCNC(C)c1ccc(-n2ncc3ccccc32)c(F)c1. The molecule has 108 valence electrons. The van der Waals surface area contributed by atoms with Crippen molar-refractivity contribution in [2.45, 2.75) is 19.9 Å². The topological polar surface area (TPSA) is 29.9 Å². The van der Waals surface area contributed by atoms with E-state index >= 15 is 0 Å². The lowest BCUT2D eigenvalue weighted by Gasteiger charge is -2.14. The Kier molecular flexibility index (Phi) is 3.71. The monoisotopic (exact) mass is 283 g/mol. The van der Waals surface area contributed by atoms with Crippen molar-refractivity contribution in [3.63, 3.8) is 0 Å². The van der Waals surface area contributed by atoms with E-state index in [2.05, 4.69) is 10.4 Å². The van der Waals surface area contributed by atoms with Crippen molar-refractivity contribution in [1.82, 2.24) is 15.1 Å². The fourth-order valence-corrected chi connectivity index (χ4v) is 2.55. The predicted molar refractivity (Wildman–Crippen MR) is 83.1 cm³/mol. The number of nitrogens with one attached hydrogen (secondary N) is 1. The van der Waals surface area contributed by atoms with Crippen LogP contribution in [0.2, 0.25) is 0 Å². The summed E-state index contributed by atoms with van der Waals surface area (Å²) in [6.45, 7) is 4.92. The van der Waals surface area contributed by atoms with Crippen LogP contribution in [0, 0.1) is 5.82 Å². The fourth-order valence-electron chi connectivity index (χ4n) is 2.55. The third-order valence-corrected chi connectivity index (χ3v) is 3.69. The highest BCUT2D eigenvalue weighted by atomic mass is 19.1. The van der Waals surface area contributed by atoms with E-state index in [-0.39, 0.29) is 11.9 Å². The Labute approximate surface area is 123 Å². The van der Waals surface area contributed by atoms with Crippen LogP contribution in [0.15, 0.2) is 48.7 Å². The lowest BCUT2D eigenvalue weighted by atomic mass is 10.1. The van der Waals surface area contributed by atoms with E-state index in [9.17, 15) is 4.39 Å². The molecule has 0 saturated carbocycles. The number of nitrogens with zero attached hydrogens (tertiary/aromatic N) is 2. The number of halogens is 1. The first kappa shape index (κ1) is 13.8. The Balaban J connectivity index is 2.03. The molecule has 3 nitrogen and oxygen atoms in total. The lowest BCUT2D eigenvalue weighted by molar-refractivity contribution is 0.578. The number of hydrogen-bond donors (Lipinski definition) is 1. The molecule has 4 heteroatoms. The Bertz CT molecular complexity index is 764. The first-order chi connectivity index (χ1) is 10.2. The molecule has 0 bridgehead atoms. The molecule has 0 aliphatic carbocycles. The predicted octanol–water partition coefficient (Wildman–Crippen LogP) is 3.84. The molecule has 2 aromatic carbocycles. The van der Waals surface area contributed by atoms with Gasteiger partial charge in [0.25, 0.3) is 0 Å². The molecule has 0 fully saturated rings. The van der Waals surface area contributed by atoms with E-state index in [1.54, 1.807) is 23.0 Å². The summed E-state index contributed by atoms with van der Waals surface area (Å²) in [5.74, 6) is -0.258. The minimum Gasteiger partial charge on any atom is -0.310 e. The van der Waals surface area contributed by atoms with Gasteiger partial charge in [-0.2, -0.15) is 5.10 Å². The number of benzene rings is 2. The zero-order valence-electron chi connectivity index (χ0n) is 12.2. The van der Waals surface area contributed by atoms with E-state index < -0.39 is 0 Å². The van der Waals surface area contributed by atoms with Gasteiger partial charge in [0, 0.05) is 11.4 Å². The Morgan fingerprint density at radius 3 is 2.81 bits per heavy atom. The zero-order chi connectivity index (χ0) is 14.8. The van der Waals surface area contributed by atoms with Crippen LogP contribution in [0.25, 0.3) is 16.6 Å². The van der Waals surface area contributed by atoms with Gasteiger partial charge in [0.05, 0.1) is 11.7 Å². The molecule has 0 radical (unpaired) electrons. The van der Waals surface area contributed by atoms with Gasteiger partial charge in [-0.25, -0.2) is 9.07 Å². The fraction of sp³-hybridized carbons (Fsp3) is 0.235. The molecule has 1 atom stereocenters. The van der Waals surface area contributed by atoms with Crippen molar-refractivity contribution in [3.05, 3.63) is 60.0 Å². The minimum absolute atomic E-state index is 0.132. The van der Waals surface area contributed by atoms with Gasteiger partial charge in [0.2, 0.25) is 0 Å². The molecule has 1 unspecified atom stereocenters. The molecular weight excluding hydrogens is 265 g/mol. The van der Waals surface area contributed by atoms with Crippen LogP contribution >= 0.6 is 0 Å². The van der Waals surface area contributed by atoms with E-state index in [4.69, 9.17) is 0 Å². The highest BCUT2D eigenvalue weighted by Crippen LogP contribution is 2.23. The van der Waals surface area contributed by atoms with E-state index in [0.29, 0.717) is 5.69 Å². The van der Waals surface area contributed by atoms with E-state index in [1.165, 1.54) is 0 Å². The molecule has 0 spiro atoms. The second kappa shape index (κ2) is 5.66. The molecule has 1 N–H and O–H groups in total. The van der Waals surface area contributed by atoms with Gasteiger partial charge in [-0.1, -0.05) is 31.2 Å². The first-order valence-electron chi connectivity index (χ1n) is 7.16. The van der Waals surface area contributed by atoms with Crippen LogP contribution in [0.5, 0.6) is 0 Å². The number of aromatic nitrogens is 2. The molecule has 1 heterocycles. The van der Waals surface area contributed by atoms with Gasteiger partial charge < -0.3 is 5.32 Å². The molecule has 21 heavy (non-hydrogen) atoms. The molecule has 1 aromatic heterocycles. The molecule has 0 amide bonds. The summed E-state index contributed by atoms with van der Waals surface area (Å²) in [6, 6.07) is 13.2. The molecule has 3 aromatic rings. The van der Waals surface area contributed by atoms with Gasteiger partial charge in [0.1, 0.15) is 11.5 Å². The second-order valence-electron chi connectivity index (χ2n) is 5.11. The first-order valence-corrected chi connectivity index (χ1v) is 7.16. The van der Waals surface area contributed by atoms with Crippen molar-refractivity contribution in [3.8, 4) is 5.69 Å². The maximum Gasteiger partial charge on any atom is 0.149 e. The Hall–Kier alpha value is -2.20. The largest absolute Gasteiger partial charge is 0.310 e. The number of rotatable bonds is 4. The van der Waals surface area contributed by atoms with Crippen LogP contribution < -0.4 is 5.32 Å². The van der Waals surface area contributed by atoms with Gasteiger partial charge >= 0.3 is 0 Å². The second-order valence-corrected chi connectivity index (χ2v) is 5.11. The number of hydrogen-bond acceptors (Lipinski definition) is 2. The van der Waals surface area contributed by atoms with Gasteiger partial charge in [-0.15, -0.1) is 0 Å². The van der Waals surface area contributed by atoms with Gasteiger partial charge in [0.15, 0.2) is 0 Å². The lowest BCUT2D eigenvalue weighted by Crippen LogP contribution is -2.18. The van der Waals surface area contributed by atoms with Crippen LogP contribution in [0.1, 0.15) is 25.5 Å². The third kappa shape index (κ3) is 2.54. The number of fused-ring (bicyclic) bond motifs is 1. The van der Waals surface area contributed by atoms with E-state index in [0.717, 1.165) is 23.0 Å². The Morgan fingerprint density at radius 2 is 2.05 bits per heavy atom. The van der Waals surface area contributed by atoms with Crippen molar-refractivity contribution in [1.29, 1.82) is 0 Å². The minimum atomic E-state index is -0.258. The average molecular weight is 283 g/mol. The zero-order valence-corrected chi connectivity index (χ0v) is 12.2. The van der Waals surface area contributed by atoms with Crippen LogP contribution in [-0.2, 0) is 0 Å². The highest BCUT2D eigenvalue weighted by molar-refractivity contribution is 5.80. The van der Waals surface area contributed by atoms with Gasteiger partial charge in [-0.05, 0) is 37.2 Å². The maximum absolute atomic E-state index is 14.5. The van der Waals surface area contributed by atoms with Crippen molar-refractivity contribution < 1.29 is 4.39 Å². The highest BCUT2D eigenvalue weighted by Gasteiger charge is 2.12. The van der Waals surface area contributed by atoms with Crippen LogP contribution in [-0.4, -0.2) is 16.3 Å². The van der Waals surface area contributed by atoms with Crippen molar-refractivity contribution in [2.24, 2.45) is 0 Å². The summed E-state index contributed by atoms with van der Waals surface area (Å²) in [4.78, 5) is 0. The summed E-state index contributed by atoms with van der Waals surface area (Å²) in [7, 11) is 0. The molecule has 0 saturated heterocycles. The van der Waals surface area contributed by atoms with Crippen molar-refractivity contribution >= 4 is 10.9 Å². The van der Waals surface area contributed by atoms with Crippen molar-refractivity contribution in [2.75, 3.05) is 6.54 Å². The van der Waals surface area contributed by atoms with Crippen LogP contribution in [0.3, 0.4) is 0 Å². The third-order valence-electron chi connectivity index (χ3n) is 3.69. The summed E-state index contributed by atoms with van der Waals surface area (Å²) in [5, 5.41) is 8.58. The molecule has 3 rings (SSSR count). The maximum atomic E-state index is 14.5. The summed E-state index contributed by atoms with van der Waals surface area (Å²) in [5.41, 5.74) is 2.32. The summed E-state index contributed by atoms with van der Waals surface area (Å²) in [6.07, 6.45) is 1.75. The summed E-state index contributed by atoms with van der Waals surface area (Å²) >= 11 is 0. The quantitative estimate of drug-likeness (QED) is 0.788. The van der Waals surface area contributed by atoms with E-state index in [1.807, 2.05) is 44.2 Å². The van der Waals surface area contributed by atoms with Crippen LogP contribution in [0.4, 0.5) is 4.39 Å². The number of para-hydroxylation sites is 1.